The first-order valence-electron chi connectivity index (χ1n) is 7.02. The fourth-order valence-electron chi connectivity index (χ4n) is 1.95. The van der Waals surface area contributed by atoms with Crippen LogP contribution in [-0.2, 0) is 9.53 Å². The van der Waals surface area contributed by atoms with Crippen LogP contribution in [0.4, 0.5) is 5.69 Å². The summed E-state index contributed by atoms with van der Waals surface area (Å²) in [6.45, 7) is -0.451. The van der Waals surface area contributed by atoms with Gasteiger partial charge in [-0.2, -0.15) is 0 Å². The van der Waals surface area contributed by atoms with Gasteiger partial charge >= 0.3 is 5.97 Å². The summed E-state index contributed by atoms with van der Waals surface area (Å²) in [7, 11) is 1.45. The molecule has 0 radical (unpaired) electrons. The van der Waals surface area contributed by atoms with Gasteiger partial charge in [-0.1, -0.05) is 12.1 Å². The minimum absolute atomic E-state index is 0.0342. The van der Waals surface area contributed by atoms with E-state index in [1.165, 1.54) is 37.1 Å². The maximum absolute atomic E-state index is 11.9. The lowest BCUT2D eigenvalue weighted by molar-refractivity contribution is -0.119. The zero-order chi connectivity index (χ0) is 17.5. The number of phenols is 1. The van der Waals surface area contributed by atoms with E-state index in [2.05, 4.69) is 5.32 Å². The first kappa shape index (κ1) is 17.7. The number of anilines is 1. The number of rotatable bonds is 6. The smallest absolute Gasteiger partial charge is 0.342 e. The van der Waals surface area contributed by atoms with Crippen molar-refractivity contribution in [2.45, 2.75) is 4.90 Å². The Morgan fingerprint density at radius 2 is 1.96 bits per heavy atom. The first-order valence-corrected chi connectivity index (χ1v) is 8.24. The van der Waals surface area contributed by atoms with Crippen LogP contribution in [0.1, 0.15) is 10.4 Å². The third kappa shape index (κ3) is 4.42. The topological polar surface area (TPSA) is 84.9 Å². The number of hydrogen-bond donors (Lipinski definition) is 2. The number of nitrogens with one attached hydrogen (secondary N) is 1. The Balaban J connectivity index is 1.95. The molecule has 0 bridgehead atoms. The molecular formula is C17H17NO5S. The van der Waals surface area contributed by atoms with Gasteiger partial charge in [-0.25, -0.2) is 4.79 Å². The fourth-order valence-corrected chi connectivity index (χ4v) is 2.51. The number of ether oxygens (including phenoxy) is 2. The molecule has 0 heterocycles. The number of benzene rings is 2. The van der Waals surface area contributed by atoms with E-state index >= 15 is 0 Å². The molecule has 24 heavy (non-hydrogen) atoms. The molecule has 0 unspecified atom stereocenters. The van der Waals surface area contributed by atoms with Gasteiger partial charge < -0.3 is 19.9 Å². The van der Waals surface area contributed by atoms with Crippen molar-refractivity contribution >= 4 is 29.3 Å². The number of hydrogen-bond acceptors (Lipinski definition) is 6. The quantitative estimate of drug-likeness (QED) is 0.617. The molecule has 1 amide bonds. The van der Waals surface area contributed by atoms with Crippen molar-refractivity contribution in [3.05, 3.63) is 48.0 Å². The predicted octanol–water partition coefficient (Wildman–Crippen LogP) is 2.92. The second-order valence-corrected chi connectivity index (χ2v) is 5.56. The van der Waals surface area contributed by atoms with E-state index in [9.17, 15) is 14.7 Å². The molecule has 0 aliphatic rings. The van der Waals surface area contributed by atoms with E-state index < -0.39 is 18.5 Å². The van der Waals surface area contributed by atoms with Crippen LogP contribution in [0.5, 0.6) is 11.5 Å². The molecule has 0 aliphatic carbocycles. The van der Waals surface area contributed by atoms with Crippen molar-refractivity contribution in [3.8, 4) is 11.5 Å². The summed E-state index contributed by atoms with van der Waals surface area (Å²) >= 11 is 1.50. The monoisotopic (exact) mass is 347 g/mol. The Morgan fingerprint density at radius 3 is 2.62 bits per heavy atom. The van der Waals surface area contributed by atoms with Crippen molar-refractivity contribution in [2.24, 2.45) is 0 Å². The molecule has 0 saturated carbocycles. The third-order valence-corrected chi connectivity index (χ3v) is 3.94. The van der Waals surface area contributed by atoms with Gasteiger partial charge in [0.25, 0.3) is 5.91 Å². The fraction of sp³-hybridized carbons (Fsp3) is 0.176. The number of methoxy groups -OCH3 is 1. The average molecular weight is 347 g/mol. The second-order valence-electron chi connectivity index (χ2n) is 4.71. The lowest BCUT2D eigenvalue weighted by Gasteiger charge is -2.10. The first-order chi connectivity index (χ1) is 11.5. The lowest BCUT2D eigenvalue weighted by atomic mass is 10.2. The number of carbonyl (C=O) groups is 2. The maximum atomic E-state index is 11.9. The van der Waals surface area contributed by atoms with Gasteiger partial charge in [0.1, 0.15) is 17.1 Å². The van der Waals surface area contributed by atoms with Crippen LogP contribution in [-0.4, -0.2) is 37.0 Å². The minimum atomic E-state index is -0.788. The highest BCUT2D eigenvalue weighted by molar-refractivity contribution is 7.98. The Labute approximate surface area is 143 Å². The summed E-state index contributed by atoms with van der Waals surface area (Å²) in [6, 6.07) is 11.5. The van der Waals surface area contributed by atoms with Crippen LogP contribution in [0, 0.1) is 0 Å². The highest BCUT2D eigenvalue weighted by Crippen LogP contribution is 2.25. The number of phenolic OH excluding ortho intramolecular Hbond substituents is 1. The Hall–Kier alpha value is -2.67. The summed E-state index contributed by atoms with van der Waals surface area (Å²) in [5.74, 6) is -1.11. The summed E-state index contributed by atoms with van der Waals surface area (Å²) in [5, 5.41) is 12.5. The number of esters is 1. The van der Waals surface area contributed by atoms with Crippen LogP contribution < -0.4 is 10.1 Å². The summed E-state index contributed by atoms with van der Waals surface area (Å²) in [5.41, 5.74) is 0.617. The van der Waals surface area contributed by atoms with Crippen molar-refractivity contribution in [1.29, 1.82) is 0 Å². The second kappa shape index (κ2) is 8.26. The van der Waals surface area contributed by atoms with Crippen LogP contribution in [0.3, 0.4) is 0 Å². The third-order valence-electron chi connectivity index (χ3n) is 3.14. The molecule has 0 aromatic heterocycles. The van der Waals surface area contributed by atoms with Gasteiger partial charge in [-0.3, -0.25) is 4.79 Å². The molecule has 2 aromatic rings. The Morgan fingerprint density at radius 1 is 1.21 bits per heavy atom. The normalized spacial score (nSPS) is 10.1. The van der Waals surface area contributed by atoms with Crippen LogP contribution in [0.25, 0.3) is 0 Å². The van der Waals surface area contributed by atoms with Gasteiger partial charge in [0.15, 0.2) is 6.61 Å². The van der Waals surface area contributed by atoms with E-state index in [0.29, 0.717) is 11.4 Å². The standard InChI is InChI=1S/C17H17NO5S/c1-22-11-7-8-12(14(19)9-11)17(21)23-10-16(20)18-13-5-3-4-6-15(13)24-2/h3-9,19H,10H2,1-2H3,(H,18,20). The zero-order valence-electron chi connectivity index (χ0n) is 13.2. The molecule has 126 valence electrons. The van der Waals surface area contributed by atoms with Crippen LogP contribution >= 0.6 is 11.8 Å². The number of carbonyl (C=O) groups excluding carboxylic acids is 2. The van der Waals surface area contributed by atoms with Gasteiger partial charge in [0.05, 0.1) is 12.8 Å². The van der Waals surface area contributed by atoms with Crippen LogP contribution in [0.2, 0.25) is 0 Å². The molecule has 0 saturated heterocycles. The molecule has 7 heteroatoms. The molecule has 2 aromatic carbocycles. The predicted molar refractivity (Wildman–Crippen MR) is 91.8 cm³/mol. The van der Waals surface area contributed by atoms with Crippen molar-refractivity contribution in [2.75, 3.05) is 25.3 Å². The Bertz CT molecular complexity index is 748. The minimum Gasteiger partial charge on any atom is -0.507 e. The van der Waals surface area contributed by atoms with E-state index in [4.69, 9.17) is 9.47 Å². The molecule has 2 rings (SSSR count). The largest absolute Gasteiger partial charge is 0.507 e. The SMILES string of the molecule is COc1ccc(C(=O)OCC(=O)Nc2ccccc2SC)c(O)c1. The van der Waals surface area contributed by atoms with E-state index in [-0.39, 0.29) is 11.3 Å². The van der Waals surface area contributed by atoms with Crippen LogP contribution in [0.15, 0.2) is 47.4 Å². The average Bonchev–Trinajstić information content (AvgIpc) is 2.60. The lowest BCUT2D eigenvalue weighted by Crippen LogP contribution is -2.21. The number of para-hydroxylation sites is 1. The van der Waals surface area contributed by atoms with Gasteiger partial charge in [0, 0.05) is 11.0 Å². The zero-order valence-corrected chi connectivity index (χ0v) is 14.1. The summed E-state index contributed by atoms with van der Waals surface area (Å²) in [6.07, 6.45) is 1.90. The summed E-state index contributed by atoms with van der Waals surface area (Å²) < 4.78 is 9.87. The van der Waals surface area contributed by atoms with E-state index in [0.717, 1.165) is 4.90 Å². The molecule has 0 spiro atoms. The number of amides is 1. The summed E-state index contributed by atoms with van der Waals surface area (Å²) in [4.78, 5) is 24.8. The highest BCUT2D eigenvalue weighted by Gasteiger charge is 2.15. The van der Waals surface area contributed by atoms with Crippen molar-refractivity contribution in [1.82, 2.24) is 0 Å². The molecule has 0 fully saturated rings. The van der Waals surface area contributed by atoms with Crippen molar-refractivity contribution < 1.29 is 24.2 Å². The van der Waals surface area contributed by atoms with E-state index in [1.807, 2.05) is 18.4 Å². The molecule has 0 aliphatic heterocycles. The van der Waals surface area contributed by atoms with Crippen molar-refractivity contribution in [3.63, 3.8) is 0 Å². The van der Waals surface area contributed by atoms with E-state index in [1.54, 1.807) is 12.1 Å². The molecule has 0 atom stereocenters. The van der Waals surface area contributed by atoms with Gasteiger partial charge in [-0.15, -0.1) is 11.8 Å². The molecular weight excluding hydrogens is 330 g/mol. The maximum Gasteiger partial charge on any atom is 0.342 e. The Kier molecular flexibility index (Phi) is 6.08. The van der Waals surface area contributed by atoms with Gasteiger partial charge in [-0.05, 0) is 30.5 Å². The number of aromatic hydroxyl groups is 1. The van der Waals surface area contributed by atoms with Gasteiger partial charge in [0.2, 0.25) is 0 Å². The number of thioether (sulfide) groups is 1. The molecule has 6 nitrogen and oxygen atoms in total. The highest BCUT2D eigenvalue weighted by atomic mass is 32.2. The molecule has 2 N–H and O–H groups in total.